The van der Waals surface area contributed by atoms with Crippen molar-refractivity contribution in [2.24, 2.45) is 0 Å². The Bertz CT molecular complexity index is 692. The molecule has 0 spiro atoms. The lowest BCUT2D eigenvalue weighted by molar-refractivity contribution is 0.237. The number of amides is 2. The summed E-state index contributed by atoms with van der Waals surface area (Å²) in [5.41, 5.74) is 6.05. The van der Waals surface area contributed by atoms with Crippen LogP contribution in [0.3, 0.4) is 0 Å². The first-order chi connectivity index (χ1) is 11.1. The molecule has 0 fully saturated rings. The molecule has 1 unspecified atom stereocenters. The lowest BCUT2D eigenvalue weighted by atomic mass is 9.89. The summed E-state index contributed by atoms with van der Waals surface area (Å²) in [6.45, 7) is 4.44. The maximum absolute atomic E-state index is 12.1. The fourth-order valence-electron chi connectivity index (χ4n) is 3.08. The standard InChI is InChI=1S/C18H24N4O/c1-12(15-8-7-14-5-3-4-6-16(14)9-15)21-18(23)19-10-17-11-20-22-13(17)2/h7-9,11-12H,3-6,10H2,1-2H3,(H,20,22)(H2,19,21,23). The van der Waals surface area contributed by atoms with Crippen LogP contribution in [0.4, 0.5) is 4.79 Å². The number of aryl methyl sites for hydroxylation is 3. The molecular weight excluding hydrogens is 288 g/mol. The monoisotopic (exact) mass is 312 g/mol. The lowest BCUT2D eigenvalue weighted by Crippen LogP contribution is -2.36. The van der Waals surface area contributed by atoms with Crippen LogP contribution in [-0.4, -0.2) is 16.2 Å². The molecule has 0 aliphatic heterocycles. The van der Waals surface area contributed by atoms with Crippen LogP contribution in [0.1, 0.15) is 53.8 Å². The van der Waals surface area contributed by atoms with E-state index in [1.165, 1.54) is 36.0 Å². The maximum atomic E-state index is 12.1. The van der Waals surface area contributed by atoms with Gasteiger partial charge in [-0.1, -0.05) is 18.2 Å². The molecule has 0 bridgehead atoms. The highest BCUT2D eigenvalue weighted by molar-refractivity contribution is 5.74. The average molecular weight is 312 g/mol. The molecule has 1 aliphatic rings. The van der Waals surface area contributed by atoms with Crippen molar-refractivity contribution in [3.8, 4) is 0 Å². The van der Waals surface area contributed by atoms with E-state index in [-0.39, 0.29) is 12.1 Å². The molecule has 1 atom stereocenters. The zero-order valence-corrected chi connectivity index (χ0v) is 13.8. The first kappa shape index (κ1) is 15.6. The Balaban J connectivity index is 1.57. The molecule has 1 aromatic carbocycles. The number of benzene rings is 1. The van der Waals surface area contributed by atoms with Crippen molar-refractivity contribution in [3.63, 3.8) is 0 Å². The van der Waals surface area contributed by atoms with Gasteiger partial charge in [0.2, 0.25) is 0 Å². The predicted octanol–water partition coefficient (Wildman–Crippen LogP) is 3.16. The van der Waals surface area contributed by atoms with Gasteiger partial charge in [-0.15, -0.1) is 0 Å². The van der Waals surface area contributed by atoms with Crippen molar-refractivity contribution in [2.45, 2.75) is 52.1 Å². The van der Waals surface area contributed by atoms with Crippen molar-refractivity contribution < 1.29 is 4.79 Å². The molecule has 5 nitrogen and oxygen atoms in total. The molecule has 0 saturated carbocycles. The van der Waals surface area contributed by atoms with Crippen LogP contribution in [0.2, 0.25) is 0 Å². The van der Waals surface area contributed by atoms with Crippen molar-refractivity contribution in [1.82, 2.24) is 20.8 Å². The first-order valence-electron chi connectivity index (χ1n) is 8.28. The minimum atomic E-state index is -0.157. The van der Waals surface area contributed by atoms with Gasteiger partial charge in [0.25, 0.3) is 0 Å². The number of aromatic nitrogens is 2. The van der Waals surface area contributed by atoms with Crippen LogP contribution in [0, 0.1) is 6.92 Å². The quantitative estimate of drug-likeness (QED) is 0.811. The number of nitrogens with zero attached hydrogens (tertiary/aromatic N) is 1. The lowest BCUT2D eigenvalue weighted by Gasteiger charge is -2.20. The summed E-state index contributed by atoms with van der Waals surface area (Å²) in [5, 5.41) is 12.7. The number of fused-ring (bicyclic) bond motifs is 1. The maximum Gasteiger partial charge on any atom is 0.315 e. The number of nitrogens with one attached hydrogen (secondary N) is 3. The number of carbonyl (C=O) groups excluding carboxylic acids is 1. The van der Waals surface area contributed by atoms with E-state index < -0.39 is 0 Å². The Morgan fingerprint density at radius 1 is 1.30 bits per heavy atom. The Morgan fingerprint density at radius 3 is 2.83 bits per heavy atom. The van der Waals surface area contributed by atoms with E-state index >= 15 is 0 Å². The molecule has 2 amide bonds. The summed E-state index contributed by atoms with van der Waals surface area (Å²) >= 11 is 0. The molecule has 3 rings (SSSR count). The van der Waals surface area contributed by atoms with E-state index in [9.17, 15) is 4.79 Å². The summed E-state index contributed by atoms with van der Waals surface area (Å²) in [4.78, 5) is 12.1. The van der Waals surface area contributed by atoms with Gasteiger partial charge in [-0.25, -0.2) is 4.79 Å². The Kier molecular flexibility index (Phi) is 4.65. The van der Waals surface area contributed by atoms with Crippen LogP contribution in [-0.2, 0) is 19.4 Å². The summed E-state index contributed by atoms with van der Waals surface area (Å²) in [6.07, 6.45) is 6.63. The van der Waals surface area contributed by atoms with E-state index in [0.717, 1.165) is 17.7 Å². The van der Waals surface area contributed by atoms with Gasteiger partial charge < -0.3 is 10.6 Å². The third-order valence-corrected chi connectivity index (χ3v) is 4.59. The van der Waals surface area contributed by atoms with Gasteiger partial charge in [-0.2, -0.15) is 5.10 Å². The summed E-state index contributed by atoms with van der Waals surface area (Å²) in [6, 6.07) is 6.44. The minimum absolute atomic E-state index is 0.00678. The number of aromatic amines is 1. The second-order valence-electron chi connectivity index (χ2n) is 6.30. The van der Waals surface area contributed by atoms with Crippen LogP contribution >= 0.6 is 0 Å². The van der Waals surface area contributed by atoms with Crippen LogP contribution in [0.25, 0.3) is 0 Å². The Hall–Kier alpha value is -2.30. The van der Waals surface area contributed by atoms with Gasteiger partial charge in [0.15, 0.2) is 0 Å². The normalized spacial score (nSPS) is 14.9. The van der Waals surface area contributed by atoms with Gasteiger partial charge in [-0.3, -0.25) is 5.10 Å². The summed E-state index contributed by atoms with van der Waals surface area (Å²) < 4.78 is 0. The van der Waals surface area contributed by atoms with Crippen LogP contribution < -0.4 is 10.6 Å². The largest absolute Gasteiger partial charge is 0.334 e. The fourth-order valence-corrected chi connectivity index (χ4v) is 3.08. The Labute approximate surface area is 136 Å². The number of urea groups is 1. The van der Waals surface area contributed by atoms with Crippen LogP contribution in [0.5, 0.6) is 0 Å². The van der Waals surface area contributed by atoms with E-state index in [2.05, 4.69) is 39.0 Å². The zero-order chi connectivity index (χ0) is 16.2. The smallest absolute Gasteiger partial charge is 0.315 e. The van der Waals surface area contributed by atoms with Crippen LogP contribution in [0.15, 0.2) is 24.4 Å². The molecule has 1 aliphatic carbocycles. The average Bonchev–Trinajstić information content (AvgIpc) is 2.97. The second-order valence-corrected chi connectivity index (χ2v) is 6.30. The topological polar surface area (TPSA) is 69.8 Å². The molecule has 2 aromatic rings. The highest BCUT2D eigenvalue weighted by Crippen LogP contribution is 2.24. The number of hydrogen-bond acceptors (Lipinski definition) is 2. The van der Waals surface area contributed by atoms with E-state index in [0.29, 0.717) is 6.54 Å². The van der Waals surface area contributed by atoms with E-state index in [1.807, 2.05) is 13.8 Å². The highest BCUT2D eigenvalue weighted by Gasteiger charge is 2.14. The molecular formula is C18H24N4O. The van der Waals surface area contributed by atoms with E-state index in [1.54, 1.807) is 6.20 Å². The number of carbonyl (C=O) groups is 1. The van der Waals surface area contributed by atoms with Gasteiger partial charge in [0.1, 0.15) is 0 Å². The van der Waals surface area contributed by atoms with Gasteiger partial charge in [0.05, 0.1) is 12.2 Å². The molecule has 0 saturated heterocycles. The van der Waals surface area contributed by atoms with Crippen molar-refractivity contribution in [2.75, 3.05) is 0 Å². The predicted molar refractivity (Wildman–Crippen MR) is 90.2 cm³/mol. The molecule has 122 valence electrons. The third kappa shape index (κ3) is 3.73. The molecule has 23 heavy (non-hydrogen) atoms. The molecule has 0 radical (unpaired) electrons. The SMILES string of the molecule is Cc1[nH]ncc1CNC(=O)NC(C)c1ccc2c(c1)CCCC2. The second kappa shape index (κ2) is 6.86. The highest BCUT2D eigenvalue weighted by atomic mass is 16.2. The first-order valence-corrected chi connectivity index (χ1v) is 8.28. The third-order valence-electron chi connectivity index (χ3n) is 4.59. The molecule has 1 heterocycles. The van der Waals surface area contributed by atoms with E-state index in [4.69, 9.17) is 0 Å². The van der Waals surface area contributed by atoms with Gasteiger partial charge in [-0.05, 0) is 56.2 Å². The Morgan fingerprint density at radius 2 is 2.09 bits per heavy atom. The molecule has 1 aromatic heterocycles. The molecule has 3 N–H and O–H groups in total. The fraction of sp³-hybridized carbons (Fsp3) is 0.444. The summed E-state index contributed by atoms with van der Waals surface area (Å²) in [7, 11) is 0. The zero-order valence-electron chi connectivity index (χ0n) is 13.8. The number of rotatable bonds is 4. The van der Waals surface area contributed by atoms with Crippen molar-refractivity contribution >= 4 is 6.03 Å². The van der Waals surface area contributed by atoms with Crippen molar-refractivity contribution in [1.29, 1.82) is 0 Å². The number of hydrogen-bond donors (Lipinski definition) is 3. The van der Waals surface area contributed by atoms with Gasteiger partial charge in [0, 0.05) is 17.8 Å². The number of H-pyrrole nitrogens is 1. The minimum Gasteiger partial charge on any atom is -0.334 e. The van der Waals surface area contributed by atoms with Crippen molar-refractivity contribution in [3.05, 3.63) is 52.3 Å². The van der Waals surface area contributed by atoms with Gasteiger partial charge >= 0.3 is 6.03 Å². The molecule has 5 heteroatoms. The summed E-state index contributed by atoms with van der Waals surface area (Å²) in [5.74, 6) is 0.